The maximum atomic E-state index is 10.9. The maximum Gasteiger partial charge on any atom is 0.292 e. The lowest BCUT2D eigenvalue weighted by Crippen LogP contribution is -2.33. The molecule has 1 aromatic carbocycles. The van der Waals surface area contributed by atoms with Crippen molar-refractivity contribution in [2.24, 2.45) is 0 Å². The van der Waals surface area contributed by atoms with E-state index < -0.39 is 10.5 Å². The number of nitro benzene ring substituents is 1. The Morgan fingerprint density at radius 2 is 2.22 bits per heavy atom. The number of rotatable bonds is 6. The van der Waals surface area contributed by atoms with Crippen molar-refractivity contribution < 1.29 is 10.0 Å². The van der Waals surface area contributed by atoms with E-state index in [0.717, 1.165) is 10.9 Å². The molecule has 0 bridgehead atoms. The first-order valence-electron chi connectivity index (χ1n) is 5.76. The fourth-order valence-electron chi connectivity index (χ4n) is 1.72. The monoisotopic (exact) mass is 316 g/mol. The van der Waals surface area contributed by atoms with Gasteiger partial charge in [-0.05, 0) is 25.5 Å². The topological polar surface area (TPSA) is 75.4 Å². The van der Waals surface area contributed by atoms with Gasteiger partial charge in [0, 0.05) is 17.1 Å². The zero-order valence-electron chi connectivity index (χ0n) is 10.4. The highest BCUT2D eigenvalue weighted by atomic mass is 79.9. The molecule has 0 saturated heterocycles. The first-order valence-corrected chi connectivity index (χ1v) is 6.55. The molecular formula is C12H17BrN2O3. The van der Waals surface area contributed by atoms with E-state index in [-0.39, 0.29) is 12.2 Å². The molecule has 1 rings (SSSR count). The summed E-state index contributed by atoms with van der Waals surface area (Å²) in [4.78, 5) is 10.4. The molecule has 0 spiro atoms. The van der Waals surface area contributed by atoms with Crippen molar-refractivity contribution in [2.75, 3.05) is 11.9 Å². The summed E-state index contributed by atoms with van der Waals surface area (Å²) >= 11 is 3.27. The van der Waals surface area contributed by atoms with Crippen molar-refractivity contribution in [1.82, 2.24) is 0 Å². The average Bonchev–Trinajstić information content (AvgIpc) is 2.26. The second kappa shape index (κ2) is 6.15. The van der Waals surface area contributed by atoms with Gasteiger partial charge in [-0.2, -0.15) is 0 Å². The number of nitrogens with zero attached hydrogens (tertiary/aromatic N) is 1. The van der Waals surface area contributed by atoms with Crippen LogP contribution in [0.3, 0.4) is 0 Å². The van der Waals surface area contributed by atoms with Crippen LogP contribution < -0.4 is 5.32 Å². The highest BCUT2D eigenvalue weighted by Gasteiger charge is 2.21. The molecule has 0 amide bonds. The van der Waals surface area contributed by atoms with Crippen LogP contribution in [0.25, 0.3) is 0 Å². The number of nitrogens with one attached hydrogen (secondary N) is 1. The van der Waals surface area contributed by atoms with Crippen LogP contribution in [0.15, 0.2) is 22.7 Å². The predicted molar refractivity (Wildman–Crippen MR) is 74.8 cm³/mol. The first kappa shape index (κ1) is 14.9. The zero-order chi connectivity index (χ0) is 13.8. The molecule has 0 aromatic heterocycles. The molecule has 1 aromatic rings. The van der Waals surface area contributed by atoms with Gasteiger partial charge in [0.2, 0.25) is 0 Å². The van der Waals surface area contributed by atoms with E-state index in [4.69, 9.17) is 0 Å². The zero-order valence-corrected chi connectivity index (χ0v) is 12.0. The van der Waals surface area contributed by atoms with Crippen LogP contribution >= 0.6 is 15.9 Å². The number of nitro groups is 1. The Morgan fingerprint density at radius 1 is 1.56 bits per heavy atom. The number of aliphatic hydroxyl groups is 1. The van der Waals surface area contributed by atoms with E-state index in [1.54, 1.807) is 19.1 Å². The van der Waals surface area contributed by atoms with E-state index in [9.17, 15) is 15.2 Å². The fraction of sp³-hybridized carbons (Fsp3) is 0.500. The van der Waals surface area contributed by atoms with Gasteiger partial charge < -0.3 is 10.4 Å². The van der Waals surface area contributed by atoms with Crippen LogP contribution in [0.1, 0.15) is 26.7 Å². The van der Waals surface area contributed by atoms with E-state index in [1.807, 2.05) is 6.92 Å². The van der Waals surface area contributed by atoms with Gasteiger partial charge in [0.1, 0.15) is 5.69 Å². The summed E-state index contributed by atoms with van der Waals surface area (Å²) in [5.74, 6) is 0. The summed E-state index contributed by atoms with van der Waals surface area (Å²) in [6, 6.07) is 4.69. The number of halogens is 1. The summed E-state index contributed by atoms with van der Waals surface area (Å²) < 4.78 is 0.755. The average molecular weight is 317 g/mol. The third-order valence-corrected chi connectivity index (χ3v) is 3.10. The normalized spacial score (nSPS) is 14.0. The van der Waals surface area contributed by atoms with Gasteiger partial charge in [-0.3, -0.25) is 10.1 Å². The minimum absolute atomic E-state index is 0.00509. The summed E-state index contributed by atoms with van der Waals surface area (Å²) in [6.45, 7) is 3.97. The van der Waals surface area contributed by atoms with E-state index in [2.05, 4.69) is 21.2 Å². The molecule has 5 nitrogen and oxygen atoms in total. The summed E-state index contributed by atoms with van der Waals surface area (Å²) in [5, 5.41) is 23.8. The van der Waals surface area contributed by atoms with Gasteiger partial charge in [-0.15, -0.1) is 0 Å². The van der Waals surface area contributed by atoms with Crippen LogP contribution in [0.5, 0.6) is 0 Å². The standard InChI is InChI=1S/C12H17BrN2O3/c1-3-6-12(2,16)8-14-10-7-9(13)4-5-11(10)15(17)18/h4-5,7,14,16H,3,6,8H2,1-2H3. The van der Waals surface area contributed by atoms with Crippen molar-refractivity contribution in [3.05, 3.63) is 32.8 Å². The minimum atomic E-state index is -0.870. The molecule has 0 aliphatic heterocycles. The molecule has 0 saturated carbocycles. The molecular weight excluding hydrogens is 300 g/mol. The minimum Gasteiger partial charge on any atom is -0.388 e. The molecule has 0 fully saturated rings. The summed E-state index contributed by atoms with van der Waals surface area (Å²) in [5.41, 5.74) is -0.457. The lowest BCUT2D eigenvalue weighted by atomic mass is 10.0. The molecule has 18 heavy (non-hydrogen) atoms. The molecule has 0 radical (unpaired) electrons. The highest BCUT2D eigenvalue weighted by Crippen LogP contribution is 2.28. The SMILES string of the molecule is CCCC(C)(O)CNc1cc(Br)ccc1[N+](=O)[O-]. The van der Waals surface area contributed by atoms with Gasteiger partial charge >= 0.3 is 0 Å². The van der Waals surface area contributed by atoms with Crippen molar-refractivity contribution >= 4 is 27.3 Å². The fourth-order valence-corrected chi connectivity index (χ4v) is 2.08. The second-order valence-electron chi connectivity index (χ2n) is 4.52. The number of benzene rings is 1. The van der Waals surface area contributed by atoms with Crippen molar-refractivity contribution in [3.63, 3.8) is 0 Å². The van der Waals surface area contributed by atoms with Gasteiger partial charge in [-0.1, -0.05) is 29.3 Å². The summed E-state index contributed by atoms with van der Waals surface area (Å²) in [7, 11) is 0. The Morgan fingerprint density at radius 3 is 2.78 bits per heavy atom. The highest BCUT2D eigenvalue weighted by molar-refractivity contribution is 9.10. The Bertz CT molecular complexity index is 435. The molecule has 0 aliphatic rings. The predicted octanol–water partition coefficient (Wildman–Crippen LogP) is 3.32. The Balaban J connectivity index is 2.83. The van der Waals surface area contributed by atoms with E-state index in [0.29, 0.717) is 12.1 Å². The third-order valence-electron chi connectivity index (χ3n) is 2.60. The molecule has 1 unspecified atom stereocenters. The number of hydrogen-bond acceptors (Lipinski definition) is 4. The van der Waals surface area contributed by atoms with E-state index in [1.165, 1.54) is 6.07 Å². The van der Waals surface area contributed by atoms with Crippen LogP contribution in [-0.2, 0) is 0 Å². The number of hydrogen-bond donors (Lipinski definition) is 2. The van der Waals surface area contributed by atoms with Crippen molar-refractivity contribution in [2.45, 2.75) is 32.3 Å². The van der Waals surface area contributed by atoms with Crippen LogP contribution in [-0.4, -0.2) is 22.2 Å². The van der Waals surface area contributed by atoms with Gasteiger partial charge in [0.15, 0.2) is 0 Å². The summed E-state index contributed by atoms with van der Waals surface area (Å²) in [6.07, 6.45) is 1.50. The third kappa shape index (κ3) is 4.27. The smallest absolute Gasteiger partial charge is 0.292 e. The molecule has 1 atom stereocenters. The number of anilines is 1. The molecule has 0 aliphatic carbocycles. The quantitative estimate of drug-likeness (QED) is 0.623. The maximum absolute atomic E-state index is 10.9. The Kier molecular flexibility index (Phi) is 5.10. The first-order chi connectivity index (χ1) is 8.35. The molecule has 100 valence electrons. The van der Waals surface area contributed by atoms with Gasteiger partial charge in [0.25, 0.3) is 5.69 Å². The Labute approximate surface area is 114 Å². The molecule has 2 N–H and O–H groups in total. The largest absolute Gasteiger partial charge is 0.388 e. The molecule has 6 heteroatoms. The molecule has 0 heterocycles. The Hall–Kier alpha value is -1.14. The lowest BCUT2D eigenvalue weighted by molar-refractivity contribution is -0.384. The van der Waals surface area contributed by atoms with Crippen LogP contribution in [0, 0.1) is 10.1 Å². The second-order valence-corrected chi connectivity index (χ2v) is 5.43. The van der Waals surface area contributed by atoms with Crippen molar-refractivity contribution in [1.29, 1.82) is 0 Å². The van der Waals surface area contributed by atoms with E-state index >= 15 is 0 Å². The van der Waals surface area contributed by atoms with Gasteiger partial charge in [-0.25, -0.2) is 0 Å². The van der Waals surface area contributed by atoms with Crippen molar-refractivity contribution in [3.8, 4) is 0 Å². The van der Waals surface area contributed by atoms with Crippen LogP contribution in [0.4, 0.5) is 11.4 Å². The van der Waals surface area contributed by atoms with Gasteiger partial charge in [0.05, 0.1) is 10.5 Å². The van der Waals surface area contributed by atoms with Crippen LogP contribution in [0.2, 0.25) is 0 Å². The lowest BCUT2D eigenvalue weighted by Gasteiger charge is -2.23.